The highest BCUT2D eigenvalue weighted by Crippen LogP contribution is 2.05. The molecule has 1 unspecified atom stereocenters. The highest BCUT2D eigenvalue weighted by molar-refractivity contribution is 7.84. The molecule has 0 saturated heterocycles. The van der Waals surface area contributed by atoms with Gasteiger partial charge in [-0.15, -0.1) is 0 Å². The van der Waals surface area contributed by atoms with Crippen LogP contribution in [0.25, 0.3) is 0 Å². The van der Waals surface area contributed by atoms with E-state index in [0.29, 0.717) is 17.1 Å². The first-order valence-electron chi connectivity index (χ1n) is 5.05. The van der Waals surface area contributed by atoms with Gasteiger partial charge in [0, 0.05) is 22.7 Å². The van der Waals surface area contributed by atoms with Crippen molar-refractivity contribution in [3.63, 3.8) is 0 Å². The zero-order valence-corrected chi connectivity index (χ0v) is 10.3. The van der Waals surface area contributed by atoms with Crippen LogP contribution in [0.3, 0.4) is 0 Å². The average Bonchev–Trinajstić information content (AvgIpc) is 2.29. The molecule has 16 heavy (non-hydrogen) atoms. The Morgan fingerprint density at radius 3 is 2.75 bits per heavy atom. The molecular weight excluding hydrogens is 226 g/mol. The van der Waals surface area contributed by atoms with Gasteiger partial charge < -0.3 is 4.74 Å². The summed E-state index contributed by atoms with van der Waals surface area (Å²) >= 11 is 0. The smallest absolute Gasteiger partial charge is 0.339 e. The molecule has 4 nitrogen and oxygen atoms in total. The van der Waals surface area contributed by atoms with E-state index in [1.54, 1.807) is 12.1 Å². The number of esters is 1. The maximum atomic E-state index is 11.5. The number of aromatic nitrogens is 1. The van der Waals surface area contributed by atoms with E-state index in [1.165, 1.54) is 13.3 Å². The third-order valence-corrected chi connectivity index (χ3v) is 3.47. The summed E-state index contributed by atoms with van der Waals surface area (Å²) in [5.41, 5.74) is 1.15. The highest BCUT2D eigenvalue weighted by atomic mass is 32.2. The standard InChI is InChI=1S/C11H15NO3S/c1-3-6-16(14)8-10-5-4-9(7-12-10)11(13)15-2/h4-5,7H,3,6,8H2,1-2H3. The van der Waals surface area contributed by atoms with Gasteiger partial charge in [0.15, 0.2) is 0 Å². The van der Waals surface area contributed by atoms with Gasteiger partial charge in [-0.3, -0.25) is 9.19 Å². The Balaban J connectivity index is 2.64. The minimum absolute atomic E-state index is 0.409. The number of rotatable bonds is 5. The van der Waals surface area contributed by atoms with Gasteiger partial charge in [0.25, 0.3) is 0 Å². The van der Waals surface area contributed by atoms with Gasteiger partial charge in [-0.25, -0.2) is 4.79 Å². The lowest BCUT2D eigenvalue weighted by Crippen LogP contribution is -2.05. The predicted octanol–water partition coefficient (Wildman–Crippen LogP) is 1.53. The number of ether oxygens (including phenoxy) is 1. The van der Waals surface area contributed by atoms with Crippen LogP contribution in [0.4, 0.5) is 0 Å². The molecule has 0 aliphatic heterocycles. The Morgan fingerprint density at radius 1 is 1.50 bits per heavy atom. The topological polar surface area (TPSA) is 56.3 Å². The molecule has 0 spiro atoms. The summed E-state index contributed by atoms with van der Waals surface area (Å²) in [6.45, 7) is 1.99. The molecular formula is C11H15NO3S. The fraction of sp³-hybridized carbons (Fsp3) is 0.455. The van der Waals surface area contributed by atoms with E-state index in [0.717, 1.165) is 12.1 Å². The molecule has 5 heteroatoms. The monoisotopic (exact) mass is 241 g/mol. The van der Waals surface area contributed by atoms with E-state index in [-0.39, 0.29) is 0 Å². The van der Waals surface area contributed by atoms with Gasteiger partial charge in [-0.2, -0.15) is 0 Å². The molecule has 1 aromatic heterocycles. The Hall–Kier alpha value is -1.23. The normalized spacial score (nSPS) is 12.1. The van der Waals surface area contributed by atoms with Crippen molar-refractivity contribution in [1.29, 1.82) is 0 Å². The highest BCUT2D eigenvalue weighted by Gasteiger charge is 2.06. The van der Waals surface area contributed by atoms with Crippen LogP contribution in [0, 0.1) is 0 Å². The van der Waals surface area contributed by atoms with E-state index >= 15 is 0 Å². The Morgan fingerprint density at radius 2 is 2.25 bits per heavy atom. The predicted molar refractivity (Wildman–Crippen MR) is 62.6 cm³/mol. The Bertz CT molecular complexity index is 375. The number of methoxy groups -OCH3 is 1. The van der Waals surface area contributed by atoms with E-state index in [2.05, 4.69) is 9.72 Å². The number of hydrogen-bond acceptors (Lipinski definition) is 4. The SMILES string of the molecule is CCCS(=O)Cc1ccc(C(=O)OC)cn1. The second kappa shape index (κ2) is 6.37. The van der Waals surface area contributed by atoms with Crippen LogP contribution in [0.2, 0.25) is 0 Å². The fourth-order valence-electron chi connectivity index (χ4n) is 1.21. The van der Waals surface area contributed by atoms with E-state index in [4.69, 9.17) is 0 Å². The summed E-state index contributed by atoms with van der Waals surface area (Å²) in [5, 5.41) is 0. The van der Waals surface area contributed by atoms with Crippen LogP contribution in [0.5, 0.6) is 0 Å². The lowest BCUT2D eigenvalue weighted by molar-refractivity contribution is 0.0600. The molecule has 0 aliphatic rings. The summed E-state index contributed by atoms with van der Waals surface area (Å²) in [6.07, 6.45) is 2.34. The van der Waals surface area contributed by atoms with Crippen molar-refractivity contribution in [3.8, 4) is 0 Å². The minimum Gasteiger partial charge on any atom is -0.465 e. The molecule has 1 rings (SSSR count). The molecule has 0 bridgehead atoms. The largest absolute Gasteiger partial charge is 0.465 e. The molecule has 0 aromatic carbocycles. The summed E-state index contributed by atoms with van der Waals surface area (Å²) < 4.78 is 16.0. The van der Waals surface area contributed by atoms with E-state index in [9.17, 15) is 9.00 Å². The Kier molecular flexibility index (Phi) is 5.11. The van der Waals surface area contributed by atoms with Crippen molar-refractivity contribution in [2.24, 2.45) is 0 Å². The lowest BCUT2D eigenvalue weighted by Gasteiger charge is -2.02. The first kappa shape index (κ1) is 12.8. The maximum absolute atomic E-state index is 11.5. The third kappa shape index (κ3) is 3.73. The number of hydrogen-bond donors (Lipinski definition) is 0. The van der Waals surface area contributed by atoms with Crippen molar-refractivity contribution in [1.82, 2.24) is 4.98 Å². The summed E-state index contributed by atoms with van der Waals surface area (Å²) in [7, 11) is 0.457. The number of carbonyl (C=O) groups is 1. The lowest BCUT2D eigenvalue weighted by atomic mass is 10.2. The average molecular weight is 241 g/mol. The summed E-state index contributed by atoms with van der Waals surface area (Å²) in [6, 6.07) is 3.34. The van der Waals surface area contributed by atoms with Gasteiger partial charge in [0.2, 0.25) is 0 Å². The van der Waals surface area contributed by atoms with Gasteiger partial charge >= 0.3 is 5.97 Å². The third-order valence-electron chi connectivity index (χ3n) is 1.99. The van der Waals surface area contributed by atoms with E-state index < -0.39 is 16.8 Å². The second-order valence-electron chi connectivity index (χ2n) is 3.32. The van der Waals surface area contributed by atoms with E-state index in [1.807, 2.05) is 6.92 Å². The minimum atomic E-state index is -0.869. The Labute approximate surface area is 97.5 Å². The molecule has 0 N–H and O–H groups in total. The van der Waals surface area contributed by atoms with Gasteiger partial charge in [-0.1, -0.05) is 6.92 Å². The molecule has 1 heterocycles. The molecule has 0 fully saturated rings. The molecule has 0 aliphatic carbocycles. The van der Waals surface area contributed by atoms with Crippen LogP contribution in [-0.2, 0) is 21.3 Å². The number of nitrogens with zero attached hydrogens (tertiary/aromatic N) is 1. The second-order valence-corrected chi connectivity index (χ2v) is 4.89. The molecule has 0 amide bonds. The van der Waals surface area contributed by atoms with Crippen LogP contribution in [0.1, 0.15) is 29.4 Å². The first-order valence-corrected chi connectivity index (χ1v) is 6.54. The summed E-state index contributed by atoms with van der Waals surface area (Å²) in [5.74, 6) is 0.712. The van der Waals surface area contributed by atoms with Crippen LogP contribution >= 0.6 is 0 Å². The van der Waals surface area contributed by atoms with Gasteiger partial charge in [-0.05, 0) is 18.6 Å². The summed E-state index contributed by atoms with van der Waals surface area (Å²) in [4.78, 5) is 15.2. The van der Waals surface area contributed by atoms with Gasteiger partial charge in [0.1, 0.15) is 0 Å². The maximum Gasteiger partial charge on any atom is 0.339 e. The van der Waals surface area contributed by atoms with Crippen molar-refractivity contribution >= 4 is 16.8 Å². The zero-order valence-electron chi connectivity index (χ0n) is 9.43. The van der Waals surface area contributed by atoms with Crippen LogP contribution in [0.15, 0.2) is 18.3 Å². The zero-order chi connectivity index (χ0) is 12.0. The molecule has 1 atom stereocenters. The molecule has 1 aromatic rings. The molecule has 0 radical (unpaired) electrons. The molecule has 88 valence electrons. The quantitative estimate of drug-likeness (QED) is 0.733. The van der Waals surface area contributed by atoms with Crippen molar-refractivity contribution in [3.05, 3.63) is 29.6 Å². The van der Waals surface area contributed by atoms with Crippen molar-refractivity contribution < 1.29 is 13.7 Å². The van der Waals surface area contributed by atoms with Gasteiger partial charge in [0.05, 0.1) is 24.1 Å². The van der Waals surface area contributed by atoms with Crippen LogP contribution < -0.4 is 0 Å². The number of carbonyl (C=O) groups excluding carboxylic acids is 1. The number of pyridine rings is 1. The van der Waals surface area contributed by atoms with Crippen LogP contribution in [-0.4, -0.2) is 28.0 Å². The van der Waals surface area contributed by atoms with Crippen molar-refractivity contribution in [2.45, 2.75) is 19.1 Å². The first-order chi connectivity index (χ1) is 7.67. The van der Waals surface area contributed by atoms with Crippen molar-refractivity contribution in [2.75, 3.05) is 12.9 Å². The molecule has 0 saturated carbocycles. The fourth-order valence-corrected chi connectivity index (χ4v) is 2.31.